The zero-order valence-corrected chi connectivity index (χ0v) is 10.6. The van der Waals surface area contributed by atoms with Crippen LogP contribution in [0.2, 0.25) is 0 Å². The van der Waals surface area contributed by atoms with Crippen molar-refractivity contribution in [1.29, 1.82) is 0 Å². The highest BCUT2D eigenvalue weighted by Crippen LogP contribution is 2.27. The van der Waals surface area contributed by atoms with Gasteiger partial charge >= 0.3 is 0 Å². The van der Waals surface area contributed by atoms with Crippen molar-refractivity contribution in [1.82, 2.24) is 5.32 Å². The number of rotatable bonds is 3. The summed E-state index contributed by atoms with van der Waals surface area (Å²) in [7, 11) is 0. The molecule has 0 radical (unpaired) electrons. The molecule has 1 heterocycles. The lowest BCUT2D eigenvalue weighted by molar-refractivity contribution is 0.435. The quantitative estimate of drug-likeness (QED) is 0.781. The zero-order chi connectivity index (χ0) is 10.6. The van der Waals surface area contributed by atoms with Crippen molar-refractivity contribution < 1.29 is 0 Å². The summed E-state index contributed by atoms with van der Waals surface area (Å²) in [6, 6.07) is 0.562. The van der Waals surface area contributed by atoms with Gasteiger partial charge in [-0.25, -0.2) is 0 Å². The van der Waals surface area contributed by atoms with Crippen molar-refractivity contribution in [2.24, 2.45) is 10.4 Å². The summed E-state index contributed by atoms with van der Waals surface area (Å²) < 4.78 is 0. The lowest BCUT2D eigenvalue weighted by Gasteiger charge is -2.28. The van der Waals surface area contributed by atoms with Crippen LogP contribution in [0.25, 0.3) is 0 Å². The monoisotopic (exact) mass is 214 g/mol. The van der Waals surface area contributed by atoms with Gasteiger partial charge in [-0.3, -0.25) is 4.99 Å². The molecule has 0 saturated carbocycles. The van der Waals surface area contributed by atoms with Gasteiger partial charge in [-0.1, -0.05) is 39.0 Å². The van der Waals surface area contributed by atoms with Crippen LogP contribution in [-0.2, 0) is 0 Å². The predicted molar refractivity (Wildman–Crippen MR) is 66.0 cm³/mol. The van der Waals surface area contributed by atoms with Gasteiger partial charge in [0.2, 0.25) is 0 Å². The molecular formula is C11H22N2S. The predicted octanol–water partition coefficient (Wildman–Crippen LogP) is 2.89. The van der Waals surface area contributed by atoms with Gasteiger partial charge in [0.1, 0.15) is 0 Å². The van der Waals surface area contributed by atoms with E-state index in [0.29, 0.717) is 11.5 Å². The van der Waals surface area contributed by atoms with Gasteiger partial charge in [0, 0.05) is 18.3 Å². The van der Waals surface area contributed by atoms with Crippen molar-refractivity contribution in [3.8, 4) is 0 Å². The molecule has 82 valence electrons. The average Bonchev–Trinajstić information content (AvgIpc) is 2.09. The summed E-state index contributed by atoms with van der Waals surface area (Å²) in [6.07, 6.45) is 2.46. The molecule has 0 aromatic rings. The van der Waals surface area contributed by atoms with Crippen molar-refractivity contribution in [3.05, 3.63) is 0 Å². The van der Waals surface area contributed by atoms with Crippen molar-refractivity contribution in [2.45, 2.75) is 46.6 Å². The van der Waals surface area contributed by atoms with Crippen LogP contribution >= 0.6 is 11.8 Å². The van der Waals surface area contributed by atoms with Crippen LogP contribution in [0.4, 0.5) is 0 Å². The fraction of sp³-hybridized carbons (Fsp3) is 0.909. The molecule has 1 unspecified atom stereocenters. The SMILES string of the molecule is CCCC(C)NC1=NCC(C)(C)CS1. The third-order valence-corrected chi connectivity index (χ3v) is 3.79. The minimum atomic E-state index is 0.379. The van der Waals surface area contributed by atoms with Crippen LogP contribution in [0.3, 0.4) is 0 Å². The second-order valence-corrected chi connectivity index (χ2v) is 5.87. The molecule has 0 aliphatic carbocycles. The van der Waals surface area contributed by atoms with Gasteiger partial charge in [0.25, 0.3) is 0 Å². The largest absolute Gasteiger partial charge is 0.362 e. The first-order valence-corrected chi connectivity index (χ1v) is 6.46. The molecule has 2 nitrogen and oxygen atoms in total. The normalized spacial score (nSPS) is 22.7. The molecule has 14 heavy (non-hydrogen) atoms. The van der Waals surface area contributed by atoms with Crippen LogP contribution in [0.1, 0.15) is 40.5 Å². The first kappa shape index (κ1) is 11.9. The Labute approximate surface area is 92.0 Å². The standard InChI is InChI=1S/C11H22N2S/c1-5-6-9(2)13-10-12-7-11(3,4)8-14-10/h9H,5-8H2,1-4H3,(H,12,13). The van der Waals surface area contributed by atoms with Gasteiger partial charge in [-0.05, 0) is 18.8 Å². The summed E-state index contributed by atoms with van der Waals surface area (Å²) in [5.41, 5.74) is 0.379. The highest BCUT2D eigenvalue weighted by molar-refractivity contribution is 8.13. The van der Waals surface area contributed by atoms with Crippen LogP contribution in [0.5, 0.6) is 0 Å². The number of aliphatic imine (C=N–C) groups is 1. The number of nitrogens with zero attached hydrogens (tertiary/aromatic N) is 1. The summed E-state index contributed by atoms with van der Waals surface area (Å²) in [5.74, 6) is 1.18. The van der Waals surface area contributed by atoms with E-state index in [1.54, 1.807) is 0 Å². The Morgan fingerprint density at radius 3 is 2.79 bits per heavy atom. The van der Waals surface area contributed by atoms with Crippen LogP contribution in [-0.4, -0.2) is 23.5 Å². The summed E-state index contributed by atoms with van der Waals surface area (Å²) in [4.78, 5) is 4.57. The van der Waals surface area contributed by atoms with Gasteiger partial charge in [-0.15, -0.1) is 0 Å². The summed E-state index contributed by atoms with van der Waals surface area (Å²) in [5, 5.41) is 4.61. The van der Waals surface area contributed by atoms with E-state index >= 15 is 0 Å². The van der Waals surface area contributed by atoms with E-state index in [-0.39, 0.29) is 0 Å². The maximum absolute atomic E-state index is 4.57. The smallest absolute Gasteiger partial charge is 0.156 e. The first-order chi connectivity index (χ1) is 6.53. The van der Waals surface area contributed by atoms with E-state index in [2.05, 4.69) is 38.0 Å². The number of nitrogens with one attached hydrogen (secondary N) is 1. The van der Waals surface area contributed by atoms with Crippen LogP contribution in [0.15, 0.2) is 4.99 Å². The van der Waals surface area contributed by atoms with E-state index in [0.717, 1.165) is 11.7 Å². The Morgan fingerprint density at radius 1 is 1.57 bits per heavy atom. The third kappa shape index (κ3) is 3.91. The first-order valence-electron chi connectivity index (χ1n) is 5.47. The summed E-state index contributed by atoms with van der Waals surface area (Å²) in [6.45, 7) is 9.95. The molecule has 0 saturated heterocycles. The molecule has 3 heteroatoms. The molecule has 1 atom stereocenters. The lowest BCUT2D eigenvalue weighted by Crippen LogP contribution is -2.35. The number of hydrogen-bond acceptors (Lipinski definition) is 3. The van der Waals surface area contributed by atoms with Gasteiger partial charge < -0.3 is 5.32 Å². The van der Waals surface area contributed by atoms with Crippen molar-refractivity contribution >= 4 is 16.9 Å². The van der Waals surface area contributed by atoms with Crippen LogP contribution < -0.4 is 5.32 Å². The maximum Gasteiger partial charge on any atom is 0.156 e. The Balaban J connectivity index is 2.37. The third-order valence-electron chi connectivity index (χ3n) is 2.34. The molecule has 1 N–H and O–H groups in total. The van der Waals surface area contributed by atoms with E-state index in [1.165, 1.54) is 18.6 Å². The minimum Gasteiger partial charge on any atom is -0.362 e. The van der Waals surface area contributed by atoms with Gasteiger partial charge in [0.15, 0.2) is 5.17 Å². The van der Waals surface area contributed by atoms with Gasteiger partial charge in [0.05, 0.1) is 0 Å². The fourth-order valence-electron chi connectivity index (χ4n) is 1.44. The van der Waals surface area contributed by atoms with Gasteiger partial charge in [-0.2, -0.15) is 0 Å². The molecule has 0 bridgehead atoms. The topological polar surface area (TPSA) is 24.4 Å². The lowest BCUT2D eigenvalue weighted by atomic mass is 9.97. The second-order valence-electron chi connectivity index (χ2n) is 4.91. The molecule has 0 spiro atoms. The number of thioether (sulfide) groups is 1. The van der Waals surface area contributed by atoms with E-state index < -0.39 is 0 Å². The number of hydrogen-bond donors (Lipinski definition) is 1. The highest BCUT2D eigenvalue weighted by Gasteiger charge is 2.23. The molecule has 0 aromatic heterocycles. The Hall–Kier alpha value is -0.180. The van der Waals surface area contributed by atoms with E-state index in [9.17, 15) is 0 Å². The average molecular weight is 214 g/mol. The minimum absolute atomic E-state index is 0.379. The second kappa shape index (κ2) is 5.06. The number of amidine groups is 1. The zero-order valence-electron chi connectivity index (χ0n) is 9.76. The fourth-order valence-corrected chi connectivity index (χ4v) is 2.50. The molecule has 0 fully saturated rings. The Morgan fingerprint density at radius 2 is 2.29 bits per heavy atom. The Kier molecular flexibility index (Phi) is 4.30. The van der Waals surface area contributed by atoms with E-state index in [1.807, 2.05) is 11.8 Å². The molecular weight excluding hydrogens is 192 g/mol. The Bertz CT molecular complexity index is 211. The van der Waals surface area contributed by atoms with Crippen LogP contribution in [0, 0.1) is 5.41 Å². The van der Waals surface area contributed by atoms with Crippen molar-refractivity contribution in [2.75, 3.05) is 12.3 Å². The maximum atomic E-state index is 4.57. The van der Waals surface area contributed by atoms with Crippen molar-refractivity contribution in [3.63, 3.8) is 0 Å². The molecule has 0 aromatic carbocycles. The molecule has 1 aliphatic rings. The van der Waals surface area contributed by atoms with E-state index in [4.69, 9.17) is 0 Å². The molecule has 0 amide bonds. The summed E-state index contributed by atoms with van der Waals surface area (Å²) >= 11 is 1.86. The molecule has 1 rings (SSSR count). The molecule has 1 aliphatic heterocycles. The highest BCUT2D eigenvalue weighted by atomic mass is 32.2.